The van der Waals surface area contributed by atoms with Crippen molar-refractivity contribution >= 4 is 21.4 Å². The number of benzene rings is 1. The molecule has 0 saturated carbocycles. The van der Waals surface area contributed by atoms with Gasteiger partial charge in [-0.25, -0.2) is 8.42 Å². The molecule has 0 spiro atoms. The van der Waals surface area contributed by atoms with E-state index in [0.29, 0.717) is 11.6 Å². The topological polar surface area (TPSA) is 89.2 Å². The molecule has 1 unspecified atom stereocenters. The Hall–Kier alpha value is -2.48. The Balaban J connectivity index is 2.14. The van der Waals surface area contributed by atoms with E-state index >= 15 is 0 Å². The Morgan fingerprint density at radius 3 is 2.38 bits per heavy atom. The quantitative estimate of drug-likeness (QED) is 0.739. The standard InChI is InChI=1S/C18H23N5O2S/c1-11(2)15-10-19-23-16(15)21-18(26(5,24)25)22-17(23)20-13(4)14-9-7-6-8-12(14)3/h6-11,13H,1-5H3,(H,20,21,22). The zero-order valence-electron chi connectivity index (χ0n) is 15.6. The number of hydrogen-bond donors (Lipinski definition) is 1. The van der Waals surface area contributed by atoms with Gasteiger partial charge in [-0.3, -0.25) is 0 Å². The predicted octanol–water partition coefficient (Wildman–Crippen LogP) is 3.13. The van der Waals surface area contributed by atoms with E-state index in [9.17, 15) is 8.42 Å². The van der Waals surface area contributed by atoms with E-state index < -0.39 is 9.84 Å². The number of aryl methyl sites for hydroxylation is 1. The SMILES string of the molecule is Cc1ccccc1C(C)Nc1nc(S(C)(=O)=O)nc2c(C(C)C)cnn12. The van der Waals surface area contributed by atoms with E-state index in [-0.39, 0.29) is 17.1 Å². The molecule has 7 nitrogen and oxygen atoms in total. The van der Waals surface area contributed by atoms with Crippen LogP contribution in [-0.4, -0.2) is 34.3 Å². The highest BCUT2D eigenvalue weighted by molar-refractivity contribution is 7.90. The highest BCUT2D eigenvalue weighted by Crippen LogP contribution is 2.25. The zero-order chi connectivity index (χ0) is 19.1. The van der Waals surface area contributed by atoms with Gasteiger partial charge in [0.05, 0.1) is 12.2 Å². The number of fused-ring (bicyclic) bond motifs is 1. The fourth-order valence-electron chi connectivity index (χ4n) is 2.89. The first-order chi connectivity index (χ1) is 12.2. The fourth-order valence-corrected chi connectivity index (χ4v) is 3.39. The number of nitrogens with one attached hydrogen (secondary N) is 1. The van der Waals surface area contributed by atoms with Crippen molar-refractivity contribution in [3.05, 3.63) is 47.2 Å². The van der Waals surface area contributed by atoms with Gasteiger partial charge in [-0.2, -0.15) is 19.6 Å². The Morgan fingerprint density at radius 2 is 1.77 bits per heavy atom. The minimum absolute atomic E-state index is 0.0755. The summed E-state index contributed by atoms with van der Waals surface area (Å²) in [6.07, 6.45) is 2.82. The molecule has 0 aliphatic carbocycles. The highest BCUT2D eigenvalue weighted by atomic mass is 32.2. The molecule has 0 bridgehead atoms. The molecule has 0 amide bonds. The summed E-state index contributed by atoms with van der Waals surface area (Å²) >= 11 is 0. The average molecular weight is 373 g/mol. The number of hydrogen-bond acceptors (Lipinski definition) is 6. The normalized spacial score (nSPS) is 13.3. The van der Waals surface area contributed by atoms with Crippen LogP contribution in [-0.2, 0) is 9.84 Å². The van der Waals surface area contributed by atoms with E-state index in [1.54, 1.807) is 10.7 Å². The molecule has 138 valence electrons. The molecule has 2 heterocycles. The summed E-state index contributed by atoms with van der Waals surface area (Å²) < 4.78 is 25.7. The summed E-state index contributed by atoms with van der Waals surface area (Å²) in [5, 5.41) is 7.46. The van der Waals surface area contributed by atoms with Crippen molar-refractivity contribution in [3.63, 3.8) is 0 Å². The van der Waals surface area contributed by atoms with Gasteiger partial charge >= 0.3 is 0 Å². The van der Waals surface area contributed by atoms with Gasteiger partial charge < -0.3 is 5.32 Å². The van der Waals surface area contributed by atoms with Gasteiger partial charge in [0.1, 0.15) is 0 Å². The minimum Gasteiger partial charge on any atom is -0.348 e. The van der Waals surface area contributed by atoms with Crippen molar-refractivity contribution in [1.29, 1.82) is 0 Å². The first-order valence-electron chi connectivity index (χ1n) is 8.46. The van der Waals surface area contributed by atoms with E-state index in [1.807, 2.05) is 52.0 Å². The second kappa shape index (κ2) is 6.68. The first kappa shape index (κ1) is 18.3. The van der Waals surface area contributed by atoms with Gasteiger partial charge in [-0.05, 0) is 30.9 Å². The molecule has 0 aliphatic heterocycles. The molecule has 0 aliphatic rings. The van der Waals surface area contributed by atoms with Crippen LogP contribution in [0.15, 0.2) is 35.6 Å². The molecule has 1 N–H and O–H groups in total. The lowest BCUT2D eigenvalue weighted by molar-refractivity contribution is 0.591. The van der Waals surface area contributed by atoms with Crippen molar-refractivity contribution in [3.8, 4) is 0 Å². The van der Waals surface area contributed by atoms with Crippen LogP contribution in [0.5, 0.6) is 0 Å². The van der Waals surface area contributed by atoms with Crippen molar-refractivity contribution in [2.45, 2.75) is 44.8 Å². The van der Waals surface area contributed by atoms with Gasteiger partial charge in [-0.1, -0.05) is 38.1 Å². The van der Waals surface area contributed by atoms with Gasteiger partial charge in [-0.15, -0.1) is 0 Å². The second-order valence-electron chi connectivity index (χ2n) is 6.81. The maximum atomic E-state index is 12.1. The molecule has 3 rings (SSSR count). The Morgan fingerprint density at radius 1 is 1.08 bits per heavy atom. The average Bonchev–Trinajstić information content (AvgIpc) is 2.98. The summed E-state index contributed by atoms with van der Waals surface area (Å²) in [5.74, 6) is 0.523. The molecule has 8 heteroatoms. The highest BCUT2D eigenvalue weighted by Gasteiger charge is 2.21. The second-order valence-corrected chi connectivity index (χ2v) is 8.72. The minimum atomic E-state index is -3.55. The number of aromatic nitrogens is 4. The zero-order valence-corrected chi connectivity index (χ0v) is 16.4. The lowest BCUT2D eigenvalue weighted by atomic mass is 10.0. The molecule has 0 fully saturated rings. The first-order valence-corrected chi connectivity index (χ1v) is 10.4. The Bertz CT molecular complexity index is 1060. The van der Waals surface area contributed by atoms with Crippen LogP contribution in [0.1, 0.15) is 49.4 Å². The molecule has 0 radical (unpaired) electrons. The summed E-state index contributed by atoms with van der Waals surface area (Å²) in [7, 11) is -3.55. The third-order valence-electron chi connectivity index (χ3n) is 4.33. The maximum Gasteiger partial charge on any atom is 0.252 e. The molecule has 1 atom stereocenters. The van der Waals surface area contributed by atoms with Crippen LogP contribution in [0.4, 0.5) is 5.95 Å². The molecule has 1 aromatic carbocycles. The number of sulfone groups is 1. The van der Waals surface area contributed by atoms with Crippen LogP contribution in [0.2, 0.25) is 0 Å². The van der Waals surface area contributed by atoms with Crippen LogP contribution < -0.4 is 5.32 Å². The van der Waals surface area contributed by atoms with E-state index in [2.05, 4.69) is 20.4 Å². The smallest absolute Gasteiger partial charge is 0.252 e. The third-order valence-corrected chi connectivity index (χ3v) is 5.17. The summed E-state index contributed by atoms with van der Waals surface area (Å²) in [5.41, 5.74) is 3.64. The van der Waals surface area contributed by atoms with Crippen molar-refractivity contribution in [2.24, 2.45) is 0 Å². The summed E-state index contributed by atoms with van der Waals surface area (Å²) in [6, 6.07) is 7.95. The van der Waals surface area contributed by atoms with E-state index in [4.69, 9.17) is 0 Å². The van der Waals surface area contributed by atoms with Crippen molar-refractivity contribution in [1.82, 2.24) is 19.6 Å². The molecular formula is C18H23N5O2S. The lowest BCUT2D eigenvalue weighted by Crippen LogP contribution is -2.16. The predicted molar refractivity (Wildman–Crippen MR) is 101 cm³/mol. The van der Waals surface area contributed by atoms with Crippen LogP contribution in [0, 0.1) is 6.92 Å². The van der Waals surface area contributed by atoms with Gasteiger partial charge in [0.2, 0.25) is 15.8 Å². The molecule has 26 heavy (non-hydrogen) atoms. The summed E-state index contributed by atoms with van der Waals surface area (Å²) in [6.45, 7) is 8.07. The molecular weight excluding hydrogens is 350 g/mol. The van der Waals surface area contributed by atoms with Crippen LogP contribution >= 0.6 is 0 Å². The Labute approximate surface area is 153 Å². The van der Waals surface area contributed by atoms with E-state index in [0.717, 1.165) is 22.9 Å². The number of nitrogens with zero attached hydrogens (tertiary/aromatic N) is 4. The maximum absolute atomic E-state index is 12.1. The third kappa shape index (κ3) is 3.41. The number of anilines is 1. The molecule has 2 aromatic heterocycles. The Kier molecular flexibility index (Phi) is 4.70. The van der Waals surface area contributed by atoms with Gasteiger partial charge in [0.15, 0.2) is 5.65 Å². The van der Waals surface area contributed by atoms with Crippen molar-refractivity contribution < 1.29 is 8.42 Å². The number of rotatable bonds is 5. The summed E-state index contributed by atoms with van der Waals surface area (Å²) in [4.78, 5) is 8.48. The fraction of sp³-hybridized carbons (Fsp3) is 0.389. The van der Waals surface area contributed by atoms with E-state index in [1.165, 1.54) is 0 Å². The van der Waals surface area contributed by atoms with Crippen molar-refractivity contribution in [2.75, 3.05) is 11.6 Å². The monoisotopic (exact) mass is 373 g/mol. The van der Waals surface area contributed by atoms with Crippen LogP contribution in [0.3, 0.4) is 0 Å². The molecule has 0 saturated heterocycles. The van der Waals surface area contributed by atoms with Gasteiger partial charge in [0, 0.05) is 11.8 Å². The van der Waals surface area contributed by atoms with Crippen LogP contribution in [0.25, 0.3) is 5.65 Å². The molecule has 3 aromatic rings. The largest absolute Gasteiger partial charge is 0.348 e. The van der Waals surface area contributed by atoms with Gasteiger partial charge in [0.25, 0.3) is 5.16 Å². The lowest BCUT2D eigenvalue weighted by Gasteiger charge is -2.18.